The van der Waals surface area contributed by atoms with Crippen LogP contribution in [0, 0.1) is 5.92 Å². The molecule has 120 valence electrons. The third-order valence-corrected chi connectivity index (χ3v) is 5.91. The van der Waals surface area contributed by atoms with Crippen molar-refractivity contribution in [2.45, 2.75) is 31.9 Å². The topological polar surface area (TPSA) is 29.5 Å². The summed E-state index contributed by atoms with van der Waals surface area (Å²) in [6.45, 7) is 2.35. The molecular weight excluding hydrogens is 306 g/mol. The minimum absolute atomic E-state index is 0.0497. The molecule has 2 atom stereocenters. The van der Waals surface area contributed by atoms with Gasteiger partial charge in [0.15, 0.2) is 0 Å². The fourth-order valence-corrected chi connectivity index (χ4v) is 4.57. The van der Waals surface area contributed by atoms with E-state index in [1.165, 1.54) is 10.4 Å². The van der Waals surface area contributed by atoms with E-state index in [-0.39, 0.29) is 17.9 Å². The summed E-state index contributed by atoms with van der Waals surface area (Å²) in [7, 11) is 0. The Bertz CT molecular complexity index is 682. The largest absolute Gasteiger partial charge is 0.373 e. The van der Waals surface area contributed by atoms with E-state index in [0.717, 1.165) is 44.5 Å². The van der Waals surface area contributed by atoms with Gasteiger partial charge in [0.25, 0.3) is 0 Å². The molecule has 23 heavy (non-hydrogen) atoms. The number of carbonyl (C=O) groups excluding carboxylic acids is 1. The summed E-state index contributed by atoms with van der Waals surface area (Å²) in [5.41, 5.74) is 2.45. The zero-order valence-electron chi connectivity index (χ0n) is 13.1. The van der Waals surface area contributed by atoms with Crippen molar-refractivity contribution in [3.05, 3.63) is 57.8 Å². The normalized spacial score (nSPS) is 24.3. The first kappa shape index (κ1) is 14.9. The van der Waals surface area contributed by atoms with Gasteiger partial charge < -0.3 is 9.64 Å². The molecule has 1 fully saturated rings. The van der Waals surface area contributed by atoms with Gasteiger partial charge in [0.05, 0.1) is 12.0 Å². The Morgan fingerprint density at radius 2 is 2.09 bits per heavy atom. The Hall–Kier alpha value is -1.65. The van der Waals surface area contributed by atoms with Crippen molar-refractivity contribution in [1.29, 1.82) is 0 Å². The van der Waals surface area contributed by atoms with Crippen molar-refractivity contribution in [3.8, 4) is 0 Å². The molecule has 0 spiro atoms. The van der Waals surface area contributed by atoms with E-state index in [0.29, 0.717) is 0 Å². The molecule has 2 aliphatic rings. The van der Waals surface area contributed by atoms with Crippen LogP contribution in [0.3, 0.4) is 0 Å². The number of fused-ring (bicyclic) bond motifs is 1. The number of amides is 1. The van der Waals surface area contributed by atoms with Crippen molar-refractivity contribution >= 4 is 17.2 Å². The number of carbonyl (C=O) groups is 1. The van der Waals surface area contributed by atoms with Crippen LogP contribution in [0.15, 0.2) is 41.8 Å². The molecule has 3 nitrogen and oxygen atoms in total. The van der Waals surface area contributed by atoms with Crippen molar-refractivity contribution in [1.82, 2.24) is 4.90 Å². The van der Waals surface area contributed by atoms with E-state index in [1.54, 1.807) is 0 Å². The average Bonchev–Trinajstić information content (AvgIpc) is 3.09. The number of rotatable bonds is 2. The lowest BCUT2D eigenvalue weighted by atomic mass is 9.88. The van der Waals surface area contributed by atoms with Crippen molar-refractivity contribution in [2.75, 3.05) is 13.2 Å². The maximum atomic E-state index is 13.1. The summed E-state index contributed by atoms with van der Waals surface area (Å²) >= 11 is 1.81. The highest BCUT2D eigenvalue weighted by Gasteiger charge is 2.36. The van der Waals surface area contributed by atoms with Gasteiger partial charge >= 0.3 is 0 Å². The number of thiophene rings is 1. The molecule has 1 amide bonds. The third-order valence-electron chi connectivity index (χ3n) is 4.89. The van der Waals surface area contributed by atoms with Gasteiger partial charge in [-0.05, 0) is 41.8 Å². The molecule has 0 bridgehead atoms. The molecule has 0 saturated carbocycles. The molecule has 0 N–H and O–H groups in total. The minimum Gasteiger partial charge on any atom is -0.373 e. The van der Waals surface area contributed by atoms with Gasteiger partial charge in [0, 0.05) is 24.6 Å². The molecule has 2 aromatic rings. The molecule has 1 aromatic carbocycles. The van der Waals surface area contributed by atoms with Crippen LogP contribution in [0.25, 0.3) is 0 Å². The summed E-state index contributed by atoms with van der Waals surface area (Å²) < 4.78 is 6.00. The lowest BCUT2D eigenvalue weighted by Gasteiger charge is -2.36. The molecule has 2 aliphatic heterocycles. The number of hydrogen-bond acceptors (Lipinski definition) is 3. The summed E-state index contributed by atoms with van der Waals surface area (Å²) in [5, 5.41) is 2.13. The van der Waals surface area contributed by atoms with Crippen LogP contribution in [-0.2, 0) is 22.5 Å². The van der Waals surface area contributed by atoms with Gasteiger partial charge in [-0.2, -0.15) is 0 Å². The second kappa shape index (κ2) is 6.46. The molecule has 0 radical (unpaired) electrons. The lowest BCUT2D eigenvalue weighted by molar-refractivity contribution is -0.146. The molecule has 3 heterocycles. The highest BCUT2D eigenvalue weighted by atomic mass is 32.1. The van der Waals surface area contributed by atoms with Crippen LogP contribution in [0.2, 0.25) is 0 Å². The Morgan fingerprint density at radius 3 is 2.96 bits per heavy atom. The van der Waals surface area contributed by atoms with Crippen molar-refractivity contribution in [3.63, 3.8) is 0 Å². The highest BCUT2D eigenvalue weighted by Crippen LogP contribution is 2.36. The minimum atomic E-state index is -0.0960. The summed E-state index contributed by atoms with van der Waals surface area (Å²) in [4.78, 5) is 16.6. The number of benzene rings is 1. The maximum absolute atomic E-state index is 13.1. The Labute approximate surface area is 140 Å². The van der Waals surface area contributed by atoms with Crippen LogP contribution in [0.5, 0.6) is 0 Å². The molecule has 0 unspecified atom stereocenters. The van der Waals surface area contributed by atoms with E-state index >= 15 is 0 Å². The average molecular weight is 327 g/mol. The van der Waals surface area contributed by atoms with Crippen LogP contribution >= 0.6 is 11.3 Å². The Balaban J connectivity index is 1.54. The third kappa shape index (κ3) is 2.93. The highest BCUT2D eigenvalue weighted by molar-refractivity contribution is 7.10. The number of nitrogens with zero attached hydrogens (tertiary/aromatic N) is 1. The lowest BCUT2D eigenvalue weighted by Crippen LogP contribution is -2.42. The van der Waals surface area contributed by atoms with Gasteiger partial charge in [-0.1, -0.05) is 30.3 Å². The van der Waals surface area contributed by atoms with E-state index in [1.807, 2.05) is 34.4 Å². The van der Waals surface area contributed by atoms with Crippen LogP contribution in [-0.4, -0.2) is 24.0 Å². The monoisotopic (exact) mass is 327 g/mol. The predicted molar refractivity (Wildman–Crippen MR) is 91.3 cm³/mol. The first-order chi connectivity index (χ1) is 11.3. The van der Waals surface area contributed by atoms with E-state index < -0.39 is 0 Å². The molecule has 4 rings (SSSR count). The van der Waals surface area contributed by atoms with Gasteiger partial charge in [0.2, 0.25) is 5.91 Å². The summed E-state index contributed by atoms with van der Waals surface area (Å²) in [6, 6.07) is 12.4. The molecule has 1 aromatic heterocycles. The summed E-state index contributed by atoms with van der Waals surface area (Å²) in [6.07, 6.45) is 2.78. The van der Waals surface area contributed by atoms with E-state index in [9.17, 15) is 4.79 Å². The zero-order valence-corrected chi connectivity index (χ0v) is 13.9. The first-order valence-corrected chi connectivity index (χ1v) is 9.21. The number of hydrogen-bond donors (Lipinski definition) is 0. The maximum Gasteiger partial charge on any atom is 0.228 e. The van der Waals surface area contributed by atoms with Crippen molar-refractivity contribution < 1.29 is 9.53 Å². The SMILES string of the molecule is O=C([C@H]1CCCO[C@@H]1c1ccccc1)N1CCc2sccc2C1. The second-order valence-corrected chi connectivity index (χ2v) is 7.33. The van der Waals surface area contributed by atoms with Crippen LogP contribution in [0.4, 0.5) is 0 Å². The van der Waals surface area contributed by atoms with Crippen LogP contribution in [0.1, 0.15) is 34.9 Å². The predicted octanol–water partition coefficient (Wildman–Crippen LogP) is 3.80. The first-order valence-electron chi connectivity index (χ1n) is 8.33. The molecule has 1 saturated heterocycles. The standard InChI is InChI=1S/C19H21NO2S/c21-19(20-10-8-17-15(13-20)9-12-23-17)16-7-4-11-22-18(16)14-5-2-1-3-6-14/h1-3,5-6,9,12,16,18H,4,7-8,10-11,13H2/t16-,18+/m0/s1. The zero-order chi connectivity index (χ0) is 15.6. The van der Waals surface area contributed by atoms with Gasteiger partial charge in [-0.25, -0.2) is 0 Å². The number of ether oxygens (including phenoxy) is 1. The second-order valence-electron chi connectivity index (χ2n) is 6.33. The van der Waals surface area contributed by atoms with E-state index in [4.69, 9.17) is 4.74 Å². The van der Waals surface area contributed by atoms with Crippen LogP contribution < -0.4 is 0 Å². The fraction of sp³-hybridized carbons (Fsp3) is 0.421. The van der Waals surface area contributed by atoms with Gasteiger partial charge in [-0.15, -0.1) is 11.3 Å². The smallest absolute Gasteiger partial charge is 0.228 e. The fourth-order valence-electron chi connectivity index (χ4n) is 3.68. The summed E-state index contributed by atoms with van der Waals surface area (Å²) in [5.74, 6) is 0.210. The molecule has 4 heteroatoms. The Morgan fingerprint density at radius 1 is 1.22 bits per heavy atom. The molecule has 0 aliphatic carbocycles. The van der Waals surface area contributed by atoms with Gasteiger partial charge in [-0.3, -0.25) is 4.79 Å². The molecular formula is C19H21NO2S. The Kier molecular flexibility index (Phi) is 4.19. The van der Waals surface area contributed by atoms with Crippen molar-refractivity contribution in [2.24, 2.45) is 5.92 Å². The van der Waals surface area contributed by atoms with Gasteiger partial charge in [0.1, 0.15) is 0 Å². The van der Waals surface area contributed by atoms with E-state index in [2.05, 4.69) is 23.6 Å². The quantitative estimate of drug-likeness (QED) is 0.839.